The van der Waals surface area contributed by atoms with E-state index in [0.29, 0.717) is 17.6 Å². The lowest BCUT2D eigenvalue weighted by molar-refractivity contribution is -0.121. The number of nitrogens with one attached hydrogen (secondary N) is 1. The fourth-order valence-corrected chi connectivity index (χ4v) is 2.73. The number of anilines is 1. The molecule has 1 saturated heterocycles. The van der Waals surface area contributed by atoms with Gasteiger partial charge in [0.25, 0.3) is 0 Å². The van der Waals surface area contributed by atoms with Gasteiger partial charge in [-0.1, -0.05) is 15.9 Å². The number of amides is 1. The first-order valence-corrected chi connectivity index (χ1v) is 7.36. The van der Waals surface area contributed by atoms with Gasteiger partial charge in [-0.25, -0.2) is 4.39 Å². The van der Waals surface area contributed by atoms with Crippen molar-refractivity contribution in [2.75, 3.05) is 25.0 Å². The predicted octanol–water partition coefficient (Wildman–Crippen LogP) is 2.64. The van der Waals surface area contributed by atoms with Gasteiger partial charge >= 0.3 is 0 Å². The Morgan fingerprint density at radius 1 is 1.45 bits per heavy atom. The zero-order chi connectivity index (χ0) is 14.7. The summed E-state index contributed by atoms with van der Waals surface area (Å²) in [5.41, 5.74) is 0.201. The maximum Gasteiger partial charge on any atom is 0.238 e. The molecular formula is C14H18BrFN2O2. The lowest BCUT2D eigenvalue weighted by Gasteiger charge is -2.34. The molecule has 2 atom stereocenters. The Morgan fingerprint density at radius 2 is 2.10 bits per heavy atom. The van der Waals surface area contributed by atoms with Crippen molar-refractivity contribution in [3.8, 4) is 0 Å². The molecule has 1 aromatic carbocycles. The van der Waals surface area contributed by atoms with Crippen LogP contribution in [-0.2, 0) is 9.53 Å². The maximum absolute atomic E-state index is 13.6. The first-order chi connectivity index (χ1) is 9.44. The van der Waals surface area contributed by atoms with E-state index in [1.165, 1.54) is 6.07 Å². The number of carbonyl (C=O) groups excluding carboxylic acids is 1. The number of halogens is 2. The van der Waals surface area contributed by atoms with E-state index in [4.69, 9.17) is 4.74 Å². The summed E-state index contributed by atoms with van der Waals surface area (Å²) in [6.07, 6.45) is 0.215. The molecule has 2 rings (SSSR count). The fourth-order valence-electron chi connectivity index (χ4n) is 2.40. The zero-order valence-corrected chi connectivity index (χ0v) is 13.1. The SMILES string of the molecule is C[C@@H]1CN(CC(=O)Nc2ccc(Br)cc2F)C[C@@H](C)O1. The van der Waals surface area contributed by atoms with Crippen LogP contribution in [-0.4, -0.2) is 42.6 Å². The number of benzene rings is 1. The second kappa shape index (κ2) is 6.65. The minimum Gasteiger partial charge on any atom is -0.373 e. The van der Waals surface area contributed by atoms with Crippen LogP contribution < -0.4 is 5.32 Å². The summed E-state index contributed by atoms with van der Waals surface area (Å²) in [7, 11) is 0. The Morgan fingerprint density at radius 3 is 2.70 bits per heavy atom. The largest absolute Gasteiger partial charge is 0.373 e. The maximum atomic E-state index is 13.6. The van der Waals surface area contributed by atoms with Crippen LogP contribution in [0, 0.1) is 5.82 Å². The number of morpholine rings is 1. The van der Waals surface area contributed by atoms with Gasteiger partial charge in [-0.05, 0) is 32.0 Å². The molecule has 0 saturated carbocycles. The van der Waals surface area contributed by atoms with Crippen molar-refractivity contribution in [2.45, 2.75) is 26.1 Å². The lowest BCUT2D eigenvalue weighted by Crippen LogP contribution is -2.48. The fraction of sp³-hybridized carbons (Fsp3) is 0.500. The highest BCUT2D eigenvalue weighted by atomic mass is 79.9. The Balaban J connectivity index is 1.92. The van der Waals surface area contributed by atoms with E-state index in [-0.39, 0.29) is 30.3 Å². The molecule has 0 radical (unpaired) electrons. The minimum atomic E-state index is -0.448. The highest BCUT2D eigenvalue weighted by Crippen LogP contribution is 2.19. The summed E-state index contributed by atoms with van der Waals surface area (Å²) in [5.74, 6) is -0.663. The molecule has 1 aliphatic heterocycles. The van der Waals surface area contributed by atoms with E-state index in [9.17, 15) is 9.18 Å². The molecule has 0 aromatic heterocycles. The van der Waals surface area contributed by atoms with Crippen molar-refractivity contribution in [1.29, 1.82) is 0 Å². The Labute approximate surface area is 126 Å². The van der Waals surface area contributed by atoms with Crippen LogP contribution in [0.25, 0.3) is 0 Å². The molecular weight excluding hydrogens is 327 g/mol. The van der Waals surface area contributed by atoms with E-state index in [2.05, 4.69) is 21.2 Å². The third-order valence-corrected chi connectivity index (χ3v) is 3.56. The van der Waals surface area contributed by atoms with Crippen LogP contribution in [0.4, 0.5) is 10.1 Å². The van der Waals surface area contributed by atoms with Crippen molar-refractivity contribution in [3.63, 3.8) is 0 Å². The summed E-state index contributed by atoms with van der Waals surface area (Å²) < 4.78 is 19.9. The smallest absolute Gasteiger partial charge is 0.238 e. The molecule has 0 unspecified atom stereocenters. The highest BCUT2D eigenvalue weighted by molar-refractivity contribution is 9.10. The normalized spacial score (nSPS) is 23.6. The van der Waals surface area contributed by atoms with Crippen LogP contribution in [0.5, 0.6) is 0 Å². The molecule has 1 fully saturated rings. The summed E-state index contributed by atoms with van der Waals surface area (Å²) in [5, 5.41) is 2.60. The molecule has 0 bridgehead atoms. The molecule has 1 heterocycles. The van der Waals surface area contributed by atoms with Crippen molar-refractivity contribution in [2.24, 2.45) is 0 Å². The van der Waals surface area contributed by atoms with Gasteiger partial charge in [0.1, 0.15) is 5.82 Å². The van der Waals surface area contributed by atoms with Gasteiger partial charge in [0.05, 0.1) is 24.4 Å². The third-order valence-electron chi connectivity index (χ3n) is 3.07. The van der Waals surface area contributed by atoms with Gasteiger partial charge < -0.3 is 10.1 Å². The standard InChI is InChI=1S/C14H18BrFN2O2/c1-9-6-18(7-10(2)20-9)8-14(19)17-13-4-3-11(15)5-12(13)16/h3-5,9-10H,6-8H2,1-2H3,(H,17,19)/t9-,10-/m1/s1. The molecule has 20 heavy (non-hydrogen) atoms. The molecule has 4 nitrogen and oxygen atoms in total. The number of carbonyl (C=O) groups is 1. The van der Waals surface area contributed by atoms with Crippen molar-refractivity contribution in [1.82, 2.24) is 4.90 Å². The number of hydrogen-bond acceptors (Lipinski definition) is 3. The van der Waals surface area contributed by atoms with Crippen LogP contribution >= 0.6 is 15.9 Å². The highest BCUT2D eigenvalue weighted by Gasteiger charge is 2.23. The van der Waals surface area contributed by atoms with Crippen LogP contribution in [0.15, 0.2) is 22.7 Å². The quantitative estimate of drug-likeness (QED) is 0.916. The molecule has 1 aromatic rings. The third kappa shape index (κ3) is 4.26. The molecule has 1 amide bonds. The summed E-state index contributed by atoms with van der Waals surface area (Å²) in [6, 6.07) is 4.56. The molecule has 110 valence electrons. The van der Waals surface area contributed by atoms with Gasteiger partial charge in [0.15, 0.2) is 0 Å². The number of hydrogen-bond donors (Lipinski definition) is 1. The van der Waals surface area contributed by atoms with Crippen molar-refractivity contribution in [3.05, 3.63) is 28.5 Å². The Kier molecular flexibility index (Phi) is 5.12. The second-order valence-corrected chi connectivity index (χ2v) is 6.04. The summed E-state index contributed by atoms with van der Waals surface area (Å²) >= 11 is 3.18. The van der Waals surface area contributed by atoms with Gasteiger partial charge in [-0.3, -0.25) is 9.69 Å². The monoisotopic (exact) mass is 344 g/mol. The molecule has 6 heteroatoms. The average molecular weight is 345 g/mol. The summed E-state index contributed by atoms with van der Waals surface area (Å²) in [4.78, 5) is 14.0. The molecule has 0 aliphatic carbocycles. The van der Waals surface area contributed by atoms with Crippen LogP contribution in [0.2, 0.25) is 0 Å². The minimum absolute atomic E-state index is 0.107. The van der Waals surface area contributed by atoms with Crippen molar-refractivity contribution < 1.29 is 13.9 Å². The first kappa shape index (κ1) is 15.4. The van der Waals surface area contributed by atoms with Gasteiger partial charge in [-0.15, -0.1) is 0 Å². The van der Waals surface area contributed by atoms with E-state index >= 15 is 0 Å². The first-order valence-electron chi connectivity index (χ1n) is 6.56. The van der Waals surface area contributed by atoms with Gasteiger partial charge in [-0.2, -0.15) is 0 Å². The summed E-state index contributed by atoms with van der Waals surface area (Å²) in [6.45, 7) is 5.62. The number of rotatable bonds is 3. The molecule has 0 spiro atoms. The molecule has 1 N–H and O–H groups in total. The Bertz CT molecular complexity index is 488. The van der Waals surface area contributed by atoms with E-state index < -0.39 is 5.82 Å². The van der Waals surface area contributed by atoms with Crippen LogP contribution in [0.3, 0.4) is 0 Å². The van der Waals surface area contributed by atoms with Crippen LogP contribution in [0.1, 0.15) is 13.8 Å². The van der Waals surface area contributed by atoms with Gasteiger partial charge in [0, 0.05) is 17.6 Å². The lowest BCUT2D eigenvalue weighted by atomic mass is 10.2. The van der Waals surface area contributed by atoms with E-state index in [1.807, 2.05) is 18.7 Å². The second-order valence-electron chi connectivity index (χ2n) is 5.12. The van der Waals surface area contributed by atoms with Gasteiger partial charge in [0.2, 0.25) is 5.91 Å². The average Bonchev–Trinajstić information content (AvgIpc) is 2.31. The Hall–Kier alpha value is -0.980. The zero-order valence-electron chi connectivity index (χ0n) is 11.5. The van der Waals surface area contributed by atoms with Crippen molar-refractivity contribution >= 4 is 27.5 Å². The number of ether oxygens (including phenoxy) is 1. The molecule has 1 aliphatic rings. The predicted molar refractivity (Wildman–Crippen MR) is 79.2 cm³/mol. The number of nitrogens with zero attached hydrogens (tertiary/aromatic N) is 1. The van der Waals surface area contributed by atoms with E-state index in [0.717, 1.165) is 0 Å². The topological polar surface area (TPSA) is 41.6 Å². The van der Waals surface area contributed by atoms with E-state index in [1.54, 1.807) is 12.1 Å².